The summed E-state index contributed by atoms with van der Waals surface area (Å²) >= 11 is 0. The highest BCUT2D eigenvalue weighted by molar-refractivity contribution is 5.75. The van der Waals surface area contributed by atoms with E-state index < -0.39 is 0 Å². The molecule has 0 atom stereocenters. The van der Waals surface area contributed by atoms with Crippen LogP contribution in [-0.2, 0) is 0 Å². The fourth-order valence-corrected chi connectivity index (χ4v) is 0.753. The molecule has 0 radical (unpaired) electrons. The Balaban J connectivity index is 2.52. The summed E-state index contributed by atoms with van der Waals surface area (Å²) in [5, 5.41) is 0. The largest absolute Gasteiger partial charge is 0.445 e. The molecule has 0 N–H and O–H groups in total. The summed E-state index contributed by atoms with van der Waals surface area (Å²) in [4.78, 5) is 11.7. The normalized spacial score (nSPS) is 13.5. The molecule has 2 rings (SSSR count). The molecule has 11 heavy (non-hydrogen) atoms. The van der Waals surface area contributed by atoms with E-state index in [2.05, 4.69) is 15.0 Å². The summed E-state index contributed by atoms with van der Waals surface area (Å²) in [6.07, 6.45) is 7.89. The van der Waals surface area contributed by atoms with Gasteiger partial charge < -0.3 is 4.74 Å². The number of hydrogen-bond acceptors (Lipinski definition) is 4. The summed E-state index contributed by atoms with van der Waals surface area (Å²) in [6, 6.07) is 0. The zero-order valence-electron chi connectivity index (χ0n) is 5.64. The molecule has 0 amide bonds. The van der Waals surface area contributed by atoms with Gasteiger partial charge in [0.1, 0.15) is 12.0 Å². The van der Waals surface area contributed by atoms with Gasteiger partial charge in [-0.25, -0.2) is 9.98 Å². The lowest BCUT2D eigenvalue weighted by Crippen LogP contribution is -1.85. The Bertz CT molecular complexity index is 319. The molecule has 0 aliphatic carbocycles. The van der Waals surface area contributed by atoms with Crippen molar-refractivity contribution in [2.24, 2.45) is 4.99 Å². The number of aromatic nitrogens is 2. The van der Waals surface area contributed by atoms with E-state index in [9.17, 15) is 0 Å². The van der Waals surface area contributed by atoms with Gasteiger partial charge in [-0.2, -0.15) is 4.98 Å². The monoisotopic (exact) mass is 147 g/mol. The molecule has 0 saturated heterocycles. The first-order valence-electron chi connectivity index (χ1n) is 3.13. The maximum atomic E-state index is 5.09. The van der Waals surface area contributed by atoms with Crippen LogP contribution in [0.1, 0.15) is 0 Å². The molecule has 0 spiro atoms. The summed E-state index contributed by atoms with van der Waals surface area (Å²) < 4.78 is 5.09. The van der Waals surface area contributed by atoms with Crippen LogP contribution in [0.25, 0.3) is 0 Å². The van der Waals surface area contributed by atoms with Gasteiger partial charge in [-0.1, -0.05) is 0 Å². The van der Waals surface area contributed by atoms with Crippen molar-refractivity contribution < 1.29 is 4.74 Å². The Labute approximate surface area is 63.3 Å². The minimum atomic E-state index is 0.491. The van der Waals surface area contributed by atoms with Crippen molar-refractivity contribution in [2.45, 2.75) is 0 Å². The highest BCUT2D eigenvalue weighted by Gasteiger charge is 2.02. The molecule has 1 aliphatic rings. The van der Waals surface area contributed by atoms with Crippen molar-refractivity contribution in [3.05, 3.63) is 24.9 Å². The second kappa shape index (κ2) is 2.49. The average Bonchev–Trinajstić information content (AvgIpc) is 2.28. The standard InChI is InChI=1S/C7H5N3O/c1-2-9-6-4-8-5-10-7(6)11-3-1/h1-5H. The van der Waals surface area contributed by atoms with E-state index in [4.69, 9.17) is 4.74 Å². The maximum absolute atomic E-state index is 5.09. The van der Waals surface area contributed by atoms with Crippen molar-refractivity contribution in [2.75, 3.05) is 0 Å². The number of nitrogens with zero attached hydrogens (tertiary/aromatic N) is 3. The molecule has 1 aromatic heterocycles. The van der Waals surface area contributed by atoms with E-state index in [0.717, 1.165) is 0 Å². The summed E-state index contributed by atoms with van der Waals surface area (Å²) in [7, 11) is 0. The van der Waals surface area contributed by atoms with Gasteiger partial charge in [0, 0.05) is 6.21 Å². The Morgan fingerprint density at radius 3 is 3.36 bits per heavy atom. The van der Waals surface area contributed by atoms with E-state index in [1.165, 1.54) is 12.6 Å². The number of fused-ring (bicyclic) bond motifs is 1. The Hall–Kier alpha value is -1.71. The third-order valence-corrected chi connectivity index (χ3v) is 1.22. The van der Waals surface area contributed by atoms with Gasteiger partial charge in [0.25, 0.3) is 0 Å². The van der Waals surface area contributed by atoms with Crippen LogP contribution in [0, 0.1) is 0 Å². The van der Waals surface area contributed by atoms with Gasteiger partial charge in [0.15, 0.2) is 0 Å². The third kappa shape index (κ3) is 1.10. The molecule has 2 heterocycles. The van der Waals surface area contributed by atoms with E-state index in [-0.39, 0.29) is 0 Å². The molecule has 0 bridgehead atoms. The van der Waals surface area contributed by atoms with E-state index in [1.54, 1.807) is 18.5 Å². The van der Waals surface area contributed by atoms with E-state index in [1.807, 2.05) is 0 Å². The van der Waals surface area contributed by atoms with E-state index >= 15 is 0 Å². The number of aliphatic imine (C=N–C) groups is 1. The molecule has 1 aromatic rings. The minimum Gasteiger partial charge on any atom is -0.445 e. The predicted octanol–water partition coefficient (Wildman–Crippen LogP) is 1.08. The van der Waals surface area contributed by atoms with Crippen LogP contribution in [0.2, 0.25) is 0 Å². The topological polar surface area (TPSA) is 47.4 Å². The minimum absolute atomic E-state index is 0.491. The third-order valence-electron chi connectivity index (χ3n) is 1.22. The average molecular weight is 147 g/mol. The number of allylic oxidation sites excluding steroid dienone is 1. The Morgan fingerprint density at radius 2 is 2.36 bits per heavy atom. The van der Waals surface area contributed by atoms with Crippen LogP contribution in [0.3, 0.4) is 0 Å². The second-order valence-electron chi connectivity index (χ2n) is 1.94. The summed E-state index contributed by atoms with van der Waals surface area (Å²) in [5.41, 5.74) is 0.650. The second-order valence-corrected chi connectivity index (χ2v) is 1.94. The maximum Gasteiger partial charge on any atom is 0.247 e. The molecule has 0 saturated carbocycles. The van der Waals surface area contributed by atoms with Crippen LogP contribution >= 0.6 is 0 Å². The van der Waals surface area contributed by atoms with E-state index in [0.29, 0.717) is 11.6 Å². The Morgan fingerprint density at radius 1 is 1.36 bits per heavy atom. The molecular formula is C7H5N3O. The van der Waals surface area contributed by atoms with Crippen molar-refractivity contribution in [1.29, 1.82) is 0 Å². The zero-order chi connectivity index (χ0) is 7.52. The number of rotatable bonds is 0. The van der Waals surface area contributed by atoms with Crippen LogP contribution in [0.4, 0.5) is 5.69 Å². The summed E-state index contributed by atoms with van der Waals surface area (Å²) in [5.74, 6) is 0.491. The van der Waals surface area contributed by atoms with Gasteiger partial charge in [-0.15, -0.1) is 0 Å². The lowest BCUT2D eigenvalue weighted by atomic mass is 10.5. The highest BCUT2D eigenvalue weighted by Crippen LogP contribution is 2.23. The smallest absolute Gasteiger partial charge is 0.247 e. The molecule has 54 valence electrons. The van der Waals surface area contributed by atoms with Crippen LogP contribution in [0.15, 0.2) is 29.9 Å². The lowest BCUT2D eigenvalue weighted by molar-refractivity contribution is 0.463. The zero-order valence-corrected chi connectivity index (χ0v) is 5.64. The fraction of sp³-hybridized carbons (Fsp3) is 0. The first-order chi connectivity index (χ1) is 5.47. The van der Waals surface area contributed by atoms with Gasteiger partial charge in [0.05, 0.1) is 12.5 Å². The van der Waals surface area contributed by atoms with Crippen molar-refractivity contribution in [3.63, 3.8) is 0 Å². The quantitative estimate of drug-likeness (QED) is 0.551. The molecule has 4 heteroatoms. The van der Waals surface area contributed by atoms with Crippen LogP contribution in [-0.4, -0.2) is 16.2 Å². The number of hydrogen-bond donors (Lipinski definition) is 0. The van der Waals surface area contributed by atoms with Gasteiger partial charge >= 0.3 is 0 Å². The molecule has 0 aromatic carbocycles. The van der Waals surface area contributed by atoms with Crippen LogP contribution < -0.4 is 4.74 Å². The predicted molar refractivity (Wildman–Crippen MR) is 40.0 cm³/mol. The van der Waals surface area contributed by atoms with Crippen molar-refractivity contribution >= 4 is 11.9 Å². The molecule has 4 nitrogen and oxygen atoms in total. The fourth-order valence-electron chi connectivity index (χ4n) is 0.753. The highest BCUT2D eigenvalue weighted by atomic mass is 16.5. The Kier molecular flexibility index (Phi) is 1.37. The molecule has 0 fully saturated rings. The van der Waals surface area contributed by atoms with Gasteiger partial charge in [0.2, 0.25) is 5.88 Å². The van der Waals surface area contributed by atoms with Gasteiger partial charge in [-0.05, 0) is 6.08 Å². The van der Waals surface area contributed by atoms with Crippen molar-refractivity contribution in [1.82, 2.24) is 9.97 Å². The lowest BCUT2D eigenvalue weighted by Gasteiger charge is -1.97. The first-order valence-corrected chi connectivity index (χ1v) is 3.13. The molecule has 0 unspecified atom stereocenters. The molecule has 1 aliphatic heterocycles. The van der Waals surface area contributed by atoms with Crippen molar-refractivity contribution in [3.8, 4) is 5.88 Å². The van der Waals surface area contributed by atoms with Crippen LogP contribution in [0.5, 0.6) is 5.88 Å². The van der Waals surface area contributed by atoms with Gasteiger partial charge in [-0.3, -0.25) is 0 Å². The SMILES string of the molecule is C1=COc2ncncc2N=C1. The number of ether oxygens (including phenoxy) is 1. The summed E-state index contributed by atoms with van der Waals surface area (Å²) in [6.45, 7) is 0. The molecular weight excluding hydrogens is 142 g/mol. The first kappa shape index (κ1) is 6.03.